The molecule has 17 heavy (non-hydrogen) atoms. The van der Waals surface area contributed by atoms with Crippen molar-refractivity contribution in [2.24, 2.45) is 5.41 Å². The summed E-state index contributed by atoms with van der Waals surface area (Å²) in [5.74, 6) is 0. The van der Waals surface area contributed by atoms with Gasteiger partial charge in [-0.25, -0.2) is 0 Å². The van der Waals surface area contributed by atoms with Gasteiger partial charge in [0.05, 0.1) is 19.3 Å². The van der Waals surface area contributed by atoms with E-state index in [1.54, 1.807) is 7.11 Å². The highest BCUT2D eigenvalue weighted by atomic mass is 16.5. The molecule has 2 rings (SSSR count). The van der Waals surface area contributed by atoms with Gasteiger partial charge in [-0.2, -0.15) is 0 Å². The Hall–Kier alpha value is -0.160. The van der Waals surface area contributed by atoms with Crippen molar-refractivity contribution in [1.29, 1.82) is 0 Å². The first-order valence-corrected chi connectivity index (χ1v) is 6.74. The number of hydrogen-bond donors (Lipinski definition) is 2. The lowest BCUT2D eigenvalue weighted by Gasteiger charge is -2.40. The zero-order chi connectivity index (χ0) is 12.1. The summed E-state index contributed by atoms with van der Waals surface area (Å²) in [7, 11) is 1.68. The summed E-state index contributed by atoms with van der Waals surface area (Å²) in [5.41, 5.74) is 0.416. The number of aliphatic hydroxyl groups excluding tert-OH is 1. The van der Waals surface area contributed by atoms with Gasteiger partial charge in [0.1, 0.15) is 0 Å². The maximum absolute atomic E-state index is 9.34. The molecule has 2 N–H and O–H groups in total. The minimum absolute atomic E-state index is 0.0721. The van der Waals surface area contributed by atoms with E-state index in [1.165, 1.54) is 19.3 Å². The van der Waals surface area contributed by atoms with Gasteiger partial charge in [-0.15, -0.1) is 0 Å². The first-order chi connectivity index (χ1) is 8.30. The predicted molar refractivity (Wildman–Crippen MR) is 66.0 cm³/mol. The van der Waals surface area contributed by atoms with E-state index >= 15 is 0 Å². The maximum Gasteiger partial charge on any atom is 0.0638 e. The van der Waals surface area contributed by atoms with E-state index in [2.05, 4.69) is 5.32 Å². The monoisotopic (exact) mass is 243 g/mol. The van der Waals surface area contributed by atoms with Crippen LogP contribution in [0.15, 0.2) is 0 Å². The van der Waals surface area contributed by atoms with E-state index in [-0.39, 0.29) is 12.6 Å². The normalized spacial score (nSPS) is 29.6. The van der Waals surface area contributed by atoms with Crippen LogP contribution in [0.2, 0.25) is 0 Å². The van der Waals surface area contributed by atoms with E-state index in [9.17, 15) is 5.11 Å². The quantitative estimate of drug-likeness (QED) is 0.754. The average molecular weight is 243 g/mol. The molecule has 1 saturated heterocycles. The lowest BCUT2D eigenvalue weighted by molar-refractivity contribution is -0.00172. The van der Waals surface area contributed by atoms with Crippen LogP contribution in [0.5, 0.6) is 0 Å². The molecule has 4 heteroatoms. The second-order valence-electron chi connectivity index (χ2n) is 5.42. The maximum atomic E-state index is 9.34. The Labute approximate surface area is 104 Å². The summed E-state index contributed by atoms with van der Waals surface area (Å²) >= 11 is 0. The zero-order valence-electron chi connectivity index (χ0n) is 10.8. The summed E-state index contributed by atoms with van der Waals surface area (Å²) in [6.45, 7) is 2.52. The highest BCUT2D eigenvalue weighted by Crippen LogP contribution is 2.46. The van der Waals surface area contributed by atoms with Crippen molar-refractivity contribution >= 4 is 0 Å². The van der Waals surface area contributed by atoms with Gasteiger partial charge in [0, 0.05) is 26.4 Å². The molecular weight excluding hydrogens is 218 g/mol. The zero-order valence-corrected chi connectivity index (χ0v) is 10.8. The van der Waals surface area contributed by atoms with Crippen LogP contribution in [0.4, 0.5) is 0 Å². The van der Waals surface area contributed by atoms with Crippen LogP contribution in [0.3, 0.4) is 0 Å². The summed E-state index contributed by atoms with van der Waals surface area (Å²) < 4.78 is 10.6. The molecule has 1 saturated carbocycles. The summed E-state index contributed by atoms with van der Waals surface area (Å²) in [4.78, 5) is 0. The van der Waals surface area contributed by atoms with E-state index in [4.69, 9.17) is 9.47 Å². The van der Waals surface area contributed by atoms with Crippen LogP contribution < -0.4 is 5.32 Å². The minimum Gasteiger partial charge on any atom is -0.395 e. The molecule has 100 valence electrons. The lowest BCUT2D eigenvalue weighted by Crippen LogP contribution is -2.51. The molecule has 0 aromatic heterocycles. The van der Waals surface area contributed by atoms with Gasteiger partial charge in [0.2, 0.25) is 0 Å². The Kier molecular flexibility index (Phi) is 4.79. The van der Waals surface area contributed by atoms with Gasteiger partial charge in [-0.3, -0.25) is 0 Å². The smallest absolute Gasteiger partial charge is 0.0638 e. The molecule has 4 nitrogen and oxygen atoms in total. The van der Waals surface area contributed by atoms with Crippen molar-refractivity contribution in [2.45, 2.75) is 44.2 Å². The van der Waals surface area contributed by atoms with Gasteiger partial charge in [0.25, 0.3) is 0 Å². The van der Waals surface area contributed by atoms with Crippen molar-refractivity contribution < 1.29 is 14.6 Å². The van der Waals surface area contributed by atoms with Gasteiger partial charge < -0.3 is 19.9 Å². The van der Waals surface area contributed by atoms with Crippen LogP contribution in [0, 0.1) is 5.41 Å². The number of nitrogens with one attached hydrogen (secondary N) is 1. The van der Waals surface area contributed by atoms with E-state index < -0.39 is 0 Å². The Bertz CT molecular complexity index is 229. The number of hydrogen-bond acceptors (Lipinski definition) is 4. The Morgan fingerprint density at radius 1 is 1.41 bits per heavy atom. The van der Waals surface area contributed by atoms with Crippen molar-refractivity contribution in [1.82, 2.24) is 5.32 Å². The number of methoxy groups -OCH3 is 1. The molecule has 0 aromatic rings. The standard InChI is InChI=1S/C13H25NO3/c1-16-10-11(9-15)14-12-3-2-4-13(12)5-7-17-8-6-13/h11-12,14-15H,2-10H2,1H3. The third-order valence-corrected chi connectivity index (χ3v) is 4.42. The SMILES string of the molecule is COCC(CO)NC1CCCC12CCOCC2. The van der Waals surface area contributed by atoms with Gasteiger partial charge >= 0.3 is 0 Å². The summed E-state index contributed by atoms with van der Waals surface area (Å²) in [5, 5.41) is 12.9. The van der Waals surface area contributed by atoms with Crippen LogP contribution in [0.25, 0.3) is 0 Å². The molecule has 0 radical (unpaired) electrons. The third kappa shape index (κ3) is 2.99. The fraction of sp³-hybridized carbons (Fsp3) is 1.00. The molecular formula is C13H25NO3. The predicted octanol–water partition coefficient (Wildman–Crippen LogP) is 0.933. The molecule has 1 aliphatic carbocycles. The van der Waals surface area contributed by atoms with Crippen molar-refractivity contribution in [2.75, 3.05) is 33.5 Å². The number of ether oxygens (including phenoxy) is 2. The topological polar surface area (TPSA) is 50.7 Å². The fourth-order valence-electron chi connectivity index (χ4n) is 3.41. The van der Waals surface area contributed by atoms with Gasteiger partial charge in [0.15, 0.2) is 0 Å². The van der Waals surface area contributed by atoms with E-state index in [0.29, 0.717) is 18.1 Å². The van der Waals surface area contributed by atoms with Gasteiger partial charge in [-0.1, -0.05) is 6.42 Å². The molecule has 2 fully saturated rings. The molecule has 2 atom stereocenters. The molecule has 2 aliphatic rings. The lowest BCUT2D eigenvalue weighted by atomic mass is 9.75. The van der Waals surface area contributed by atoms with E-state index in [1.807, 2.05) is 0 Å². The van der Waals surface area contributed by atoms with Crippen LogP contribution in [0.1, 0.15) is 32.1 Å². The van der Waals surface area contributed by atoms with Crippen LogP contribution in [-0.4, -0.2) is 50.7 Å². The molecule has 1 heterocycles. The van der Waals surface area contributed by atoms with E-state index in [0.717, 1.165) is 26.1 Å². The first kappa shape index (κ1) is 13.3. The Balaban J connectivity index is 1.93. The highest BCUT2D eigenvalue weighted by Gasteiger charge is 2.44. The second-order valence-corrected chi connectivity index (χ2v) is 5.42. The first-order valence-electron chi connectivity index (χ1n) is 6.74. The van der Waals surface area contributed by atoms with Gasteiger partial charge in [-0.05, 0) is 31.1 Å². The van der Waals surface area contributed by atoms with Crippen molar-refractivity contribution in [3.05, 3.63) is 0 Å². The highest BCUT2D eigenvalue weighted by molar-refractivity contribution is 4.98. The average Bonchev–Trinajstić information content (AvgIpc) is 2.72. The molecule has 2 unspecified atom stereocenters. The molecule has 0 amide bonds. The van der Waals surface area contributed by atoms with Crippen LogP contribution in [-0.2, 0) is 9.47 Å². The largest absolute Gasteiger partial charge is 0.395 e. The third-order valence-electron chi connectivity index (χ3n) is 4.42. The number of rotatable bonds is 5. The summed E-state index contributed by atoms with van der Waals surface area (Å²) in [6, 6.07) is 0.599. The fourth-order valence-corrected chi connectivity index (χ4v) is 3.41. The second kappa shape index (κ2) is 6.14. The Morgan fingerprint density at radius 2 is 2.18 bits per heavy atom. The summed E-state index contributed by atoms with van der Waals surface area (Å²) in [6.07, 6.45) is 6.15. The Morgan fingerprint density at radius 3 is 2.82 bits per heavy atom. The molecule has 1 spiro atoms. The molecule has 0 aromatic carbocycles. The van der Waals surface area contributed by atoms with Crippen molar-refractivity contribution in [3.63, 3.8) is 0 Å². The van der Waals surface area contributed by atoms with Crippen molar-refractivity contribution in [3.8, 4) is 0 Å². The molecule has 0 bridgehead atoms. The minimum atomic E-state index is 0.0721. The van der Waals surface area contributed by atoms with Crippen LogP contribution >= 0.6 is 0 Å². The number of aliphatic hydroxyl groups is 1. The molecule has 1 aliphatic heterocycles.